The van der Waals surface area contributed by atoms with Gasteiger partial charge in [-0.2, -0.15) is 0 Å². The largest absolute Gasteiger partial charge is 1.00 e. The molecular formula is C12H22Cl2NZr. The van der Waals surface area contributed by atoms with Gasteiger partial charge in [0.2, 0.25) is 0 Å². The summed E-state index contributed by atoms with van der Waals surface area (Å²) in [5.74, 6) is 0. The maximum atomic E-state index is 3.44. The standard InChI is InChI=1S/C4H4N.2C4H9.2ClH.Zr/c1-2-4-5-3-1;2*1-4(2)3;;;/h1-3,5H;2*1-3H3;2*1H;/q;;;;;+2/p-2. The van der Waals surface area contributed by atoms with Crippen LogP contribution in [-0.2, 0) is 21.8 Å². The molecule has 0 aliphatic heterocycles. The first kappa shape index (κ1) is 19.1. The van der Waals surface area contributed by atoms with E-state index in [2.05, 4.69) is 64.9 Å². The Morgan fingerprint density at radius 1 is 0.938 bits per heavy atom. The minimum atomic E-state index is -1.61. The third-order valence-electron chi connectivity index (χ3n) is 2.37. The fourth-order valence-electron chi connectivity index (χ4n) is 2.42. The van der Waals surface area contributed by atoms with Gasteiger partial charge in [0.1, 0.15) is 0 Å². The van der Waals surface area contributed by atoms with Gasteiger partial charge in [-0.25, -0.2) is 0 Å². The number of H-pyrrole nitrogens is 1. The Kier molecular flexibility index (Phi) is 7.89. The zero-order chi connectivity index (χ0) is 11.0. The molecule has 0 aromatic carbocycles. The van der Waals surface area contributed by atoms with Crippen LogP contribution in [0.4, 0.5) is 0 Å². The first-order valence-corrected chi connectivity index (χ1v) is 8.93. The fraction of sp³-hybridized carbons (Fsp3) is 0.667. The zero-order valence-electron chi connectivity index (χ0n) is 11.0. The van der Waals surface area contributed by atoms with E-state index in [1.807, 2.05) is 0 Å². The number of rotatable bonds is 1. The summed E-state index contributed by atoms with van der Waals surface area (Å²) in [5.41, 5.74) is 0. The van der Waals surface area contributed by atoms with E-state index in [1.165, 1.54) is 0 Å². The van der Waals surface area contributed by atoms with Crippen molar-refractivity contribution in [1.82, 2.24) is 4.98 Å². The van der Waals surface area contributed by atoms with Crippen molar-refractivity contribution in [3.05, 3.63) is 18.3 Å². The molecule has 0 saturated carbocycles. The van der Waals surface area contributed by atoms with Gasteiger partial charge in [-0.05, 0) is 0 Å². The number of hydrogen-bond acceptors (Lipinski definition) is 0. The summed E-state index contributed by atoms with van der Waals surface area (Å²) in [6.07, 6.45) is 2.06. The van der Waals surface area contributed by atoms with E-state index in [9.17, 15) is 0 Å². The summed E-state index contributed by atoms with van der Waals surface area (Å²) in [6.45, 7) is 14.4. The Bertz CT molecular complexity index is 269. The fourth-order valence-corrected chi connectivity index (χ4v) is 13.1. The summed E-state index contributed by atoms with van der Waals surface area (Å²) in [6, 6.07) is 4.42. The molecule has 4 heteroatoms. The van der Waals surface area contributed by atoms with Crippen molar-refractivity contribution >= 4 is 3.40 Å². The molecule has 0 aliphatic carbocycles. The molecule has 1 rings (SSSR count). The summed E-state index contributed by atoms with van der Waals surface area (Å²) in [7, 11) is 0. The zero-order valence-corrected chi connectivity index (χ0v) is 15.0. The maximum absolute atomic E-state index is 3.44. The van der Waals surface area contributed by atoms with Crippen LogP contribution in [0.1, 0.15) is 41.5 Å². The van der Waals surface area contributed by atoms with Gasteiger partial charge in [0.25, 0.3) is 0 Å². The van der Waals surface area contributed by atoms with E-state index in [-0.39, 0.29) is 24.8 Å². The quantitative estimate of drug-likeness (QED) is 0.591. The molecule has 0 unspecified atom stereocenters. The van der Waals surface area contributed by atoms with Crippen LogP contribution in [0.25, 0.3) is 0 Å². The van der Waals surface area contributed by atoms with Gasteiger partial charge in [-0.1, -0.05) is 0 Å². The molecule has 0 bridgehead atoms. The van der Waals surface area contributed by atoms with E-state index in [0.29, 0.717) is 6.25 Å². The number of halogens is 2. The topological polar surface area (TPSA) is 15.8 Å². The third kappa shape index (κ3) is 4.94. The second kappa shape index (κ2) is 6.62. The van der Waals surface area contributed by atoms with Crippen molar-refractivity contribution < 1.29 is 46.6 Å². The molecule has 93 valence electrons. The molecular weight excluding hydrogens is 320 g/mol. The van der Waals surface area contributed by atoms with Crippen LogP contribution in [0, 0.1) is 0 Å². The average molecular weight is 342 g/mol. The molecule has 0 radical (unpaired) electrons. The predicted molar refractivity (Wildman–Crippen MR) is 59.9 cm³/mol. The minimum Gasteiger partial charge on any atom is -1.00 e. The van der Waals surface area contributed by atoms with Crippen molar-refractivity contribution in [2.45, 2.75) is 47.8 Å². The Morgan fingerprint density at radius 3 is 1.62 bits per heavy atom. The molecule has 1 nitrogen and oxygen atoms in total. The van der Waals surface area contributed by atoms with Gasteiger partial charge in [0.05, 0.1) is 0 Å². The van der Waals surface area contributed by atoms with Gasteiger partial charge < -0.3 is 24.8 Å². The van der Waals surface area contributed by atoms with Crippen molar-refractivity contribution in [2.75, 3.05) is 0 Å². The summed E-state index contributed by atoms with van der Waals surface area (Å²) in [4.78, 5) is 3.44. The molecule has 0 saturated heterocycles. The molecule has 0 amide bonds. The van der Waals surface area contributed by atoms with Crippen molar-refractivity contribution in [1.29, 1.82) is 0 Å². The average Bonchev–Trinajstić information content (AvgIpc) is 2.31. The van der Waals surface area contributed by atoms with E-state index in [4.69, 9.17) is 0 Å². The SMILES string of the molecule is C[C](C)(C)[Zr+2]([c]1ccc[nH]1)[C](C)(C)C.[Cl-].[Cl-]. The van der Waals surface area contributed by atoms with Crippen LogP contribution in [0.3, 0.4) is 0 Å². The summed E-state index contributed by atoms with van der Waals surface area (Å²) in [5, 5.41) is 0. The van der Waals surface area contributed by atoms with E-state index < -0.39 is 21.8 Å². The first-order valence-electron chi connectivity index (χ1n) is 5.24. The van der Waals surface area contributed by atoms with Crippen molar-refractivity contribution in [3.8, 4) is 0 Å². The monoisotopic (exact) mass is 340 g/mol. The predicted octanol–water partition coefficient (Wildman–Crippen LogP) is -2.30. The summed E-state index contributed by atoms with van der Waals surface area (Å²) >= 11 is -1.61. The molecule has 1 aromatic heterocycles. The van der Waals surface area contributed by atoms with Crippen molar-refractivity contribution in [3.63, 3.8) is 0 Å². The van der Waals surface area contributed by atoms with Crippen LogP contribution in [0.5, 0.6) is 0 Å². The number of aromatic amines is 1. The van der Waals surface area contributed by atoms with Crippen LogP contribution in [-0.4, -0.2) is 4.98 Å². The van der Waals surface area contributed by atoms with Crippen LogP contribution < -0.4 is 28.2 Å². The normalized spacial score (nSPS) is 11.4. The third-order valence-corrected chi connectivity index (χ3v) is 11.8. The van der Waals surface area contributed by atoms with Gasteiger partial charge in [-0.3, -0.25) is 0 Å². The Labute approximate surface area is 120 Å². The molecule has 0 fully saturated rings. The molecule has 1 N–H and O–H groups in total. The number of hydrogen-bond donors (Lipinski definition) is 1. The maximum Gasteiger partial charge on any atom is -1.00 e. The second-order valence-electron chi connectivity index (χ2n) is 5.96. The van der Waals surface area contributed by atoms with Gasteiger partial charge in [0.15, 0.2) is 0 Å². The molecule has 0 spiro atoms. The van der Waals surface area contributed by atoms with Gasteiger partial charge in [-0.15, -0.1) is 0 Å². The Morgan fingerprint density at radius 2 is 1.38 bits per heavy atom. The van der Waals surface area contributed by atoms with Gasteiger partial charge in [0, 0.05) is 0 Å². The molecule has 0 aliphatic rings. The van der Waals surface area contributed by atoms with E-state index >= 15 is 0 Å². The summed E-state index contributed by atoms with van der Waals surface area (Å²) < 4.78 is 2.53. The minimum absolute atomic E-state index is 0. The Balaban J connectivity index is 0. The molecule has 16 heavy (non-hydrogen) atoms. The number of aromatic nitrogens is 1. The van der Waals surface area contributed by atoms with Crippen LogP contribution >= 0.6 is 0 Å². The van der Waals surface area contributed by atoms with Crippen LogP contribution in [0.15, 0.2) is 18.3 Å². The van der Waals surface area contributed by atoms with E-state index in [0.717, 1.165) is 0 Å². The van der Waals surface area contributed by atoms with E-state index in [1.54, 1.807) is 3.40 Å². The van der Waals surface area contributed by atoms with Gasteiger partial charge >= 0.3 is 96.3 Å². The van der Waals surface area contributed by atoms with Crippen LogP contribution in [0.2, 0.25) is 6.25 Å². The first-order chi connectivity index (χ1) is 6.23. The smallest absolute Gasteiger partial charge is 1.00 e. The molecule has 0 atom stereocenters. The molecule has 1 aromatic rings. The number of nitrogens with one attached hydrogen (secondary N) is 1. The van der Waals surface area contributed by atoms with Crippen molar-refractivity contribution in [2.24, 2.45) is 0 Å². The Hall–Kier alpha value is 0.743. The molecule has 1 heterocycles. The second-order valence-corrected chi connectivity index (χ2v) is 16.5.